The zero-order chi connectivity index (χ0) is 19.6. The minimum absolute atomic E-state index is 0.0431. The van der Waals surface area contributed by atoms with Gasteiger partial charge in [0.05, 0.1) is 17.2 Å². The SMILES string of the molecule is [2H]C([2H])([2H])n1c(=O)n(C23CCC(NC(C)=O)(CC2)CC3)c2cc(Cl)ncc21. The number of hydrogen-bond acceptors (Lipinski definition) is 3. The fraction of sp³-hybridized carbons (Fsp3) is 0.588. The zero-order valence-electron chi connectivity index (χ0n) is 16.4. The molecule has 0 radical (unpaired) electrons. The van der Waals surface area contributed by atoms with Crippen LogP contribution in [0, 0.1) is 0 Å². The molecule has 0 aliphatic heterocycles. The van der Waals surface area contributed by atoms with E-state index in [0.717, 1.165) is 23.8 Å². The number of aromatic nitrogens is 3. The standard InChI is InChI=1S/C17H21ClN4O2/c1-11(23)20-16-3-6-17(7-4-16,8-5-16)22-12-9-14(18)19-10-13(12)21(2)15(22)24/h9-10H,3-8H2,1-2H3,(H,20,23)/i2D3. The lowest BCUT2D eigenvalue weighted by molar-refractivity contribution is -0.123. The highest BCUT2D eigenvalue weighted by molar-refractivity contribution is 6.29. The maximum atomic E-state index is 13.2. The molecule has 24 heavy (non-hydrogen) atoms. The minimum atomic E-state index is -2.60. The monoisotopic (exact) mass is 351 g/mol. The first-order valence-corrected chi connectivity index (χ1v) is 8.54. The molecular weight excluding hydrogens is 328 g/mol. The second kappa shape index (κ2) is 5.09. The van der Waals surface area contributed by atoms with Crippen LogP contribution in [0.2, 0.25) is 5.15 Å². The van der Waals surface area contributed by atoms with Gasteiger partial charge in [0.15, 0.2) is 0 Å². The van der Waals surface area contributed by atoms with E-state index in [9.17, 15) is 9.59 Å². The molecule has 3 fully saturated rings. The largest absolute Gasteiger partial charge is 0.351 e. The summed E-state index contributed by atoms with van der Waals surface area (Å²) in [6.45, 7) is -1.08. The average Bonchev–Trinajstić information content (AvgIpc) is 2.87. The van der Waals surface area contributed by atoms with Crippen molar-refractivity contribution in [1.82, 2.24) is 19.4 Å². The highest BCUT2D eigenvalue weighted by atomic mass is 35.5. The Kier molecular flexibility index (Phi) is 2.66. The smallest absolute Gasteiger partial charge is 0.329 e. The Balaban J connectivity index is 1.87. The number of nitrogens with zero attached hydrogens (tertiary/aromatic N) is 3. The topological polar surface area (TPSA) is 68.9 Å². The number of hydrogen-bond donors (Lipinski definition) is 1. The summed E-state index contributed by atoms with van der Waals surface area (Å²) >= 11 is 6.06. The van der Waals surface area contributed by atoms with E-state index in [1.54, 1.807) is 10.6 Å². The van der Waals surface area contributed by atoms with Crippen LogP contribution in [0.25, 0.3) is 11.0 Å². The van der Waals surface area contributed by atoms with Crippen molar-refractivity contribution in [2.24, 2.45) is 6.98 Å². The van der Waals surface area contributed by atoms with Crippen molar-refractivity contribution in [2.45, 2.75) is 56.5 Å². The van der Waals surface area contributed by atoms with E-state index in [-0.39, 0.29) is 22.1 Å². The van der Waals surface area contributed by atoms with E-state index >= 15 is 0 Å². The number of pyridine rings is 1. The molecular formula is C17H21ClN4O2. The first-order valence-electron chi connectivity index (χ1n) is 9.66. The molecule has 0 saturated heterocycles. The van der Waals surface area contributed by atoms with Crippen molar-refractivity contribution in [3.05, 3.63) is 27.9 Å². The molecule has 6 nitrogen and oxygen atoms in total. The van der Waals surface area contributed by atoms with Gasteiger partial charge in [0, 0.05) is 35.2 Å². The van der Waals surface area contributed by atoms with Gasteiger partial charge in [0.25, 0.3) is 0 Å². The van der Waals surface area contributed by atoms with E-state index in [1.165, 1.54) is 13.1 Å². The van der Waals surface area contributed by atoms with Gasteiger partial charge >= 0.3 is 5.69 Å². The Morgan fingerprint density at radius 3 is 2.54 bits per heavy atom. The molecule has 2 aromatic rings. The van der Waals surface area contributed by atoms with Crippen LogP contribution in [0.1, 0.15) is 49.6 Å². The predicted octanol–water partition coefficient (Wildman–Crippen LogP) is 2.33. The minimum Gasteiger partial charge on any atom is -0.351 e. The molecule has 2 aromatic heterocycles. The van der Waals surface area contributed by atoms with E-state index in [2.05, 4.69) is 10.3 Å². The molecule has 5 rings (SSSR count). The molecule has 3 saturated carbocycles. The number of halogens is 1. The number of carbonyl (C=O) groups is 1. The first kappa shape index (κ1) is 12.5. The molecule has 2 heterocycles. The highest BCUT2D eigenvalue weighted by Crippen LogP contribution is 2.51. The van der Waals surface area contributed by atoms with Crippen LogP contribution < -0.4 is 11.0 Å². The zero-order valence-corrected chi connectivity index (χ0v) is 14.2. The molecule has 3 aliphatic rings. The molecule has 128 valence electrons. The summed E-state index contributed by atoms with van der Waals surface area (Å²) in [5, 5.41) is 3.31. The number of carbonyl (C=O) groups excluding carboxylic acids is 1. The second-order valence-electron chi connectivity index (χ2n) is 7.13. The fourth-order valence-corrected chi connectivity index (χ4v) is 4.74. The molecule has 3 aliphatic carbocycles. The first-order chi connectivity index (χ1) is 12.6. The summed E-state index contributed by atoms with van der Waals surface area (Å²) in [5.41, 5.74) is -0.453. The molecule has 7 heteroatoms. The average molecular weight is 352 g/mol. The number of nitrogens with one attached hydrogen (secondary N) is 1. The fourth-order valence-electron chi connectivity index (χ4n) is 4.59. The molecule has 0 spiro atoms. The van der Waals surface area contributed by atoms with Crippen molar-refractivity contribution >= 4 is 28.5 Å². The van der Waals surface area contributed by atoms with Gasteiger partial charge in [0.2, 0.25) is 5.91 Å². The van der Waals surface area contributed by atoms with Gasteiger partial charge in [0.1, 0.15) is 5.15 Å². The summed E-state index contributed by atoms with van der Waals surface area (Å²) in [6.07, 6.45) is 5.74. The third kappa shape index (κ3) is 2.12. The lowest BCUT2D eigenvalue weighted by Crippen LogP contribution is -2.60. The second-order valence-corrected chi connectivity index (χ2v) is 7.52. The normalized spacial score (nSPS) is 31.5. The molecule has 0 atom stereocenters. The van der Waals surface area contributed by atoms with Crippen LogP contribution in [-0.4, -0.2) is 25.6 Å². The number of rotatable bonds is 2. The van der Waals surface area contributed by atoms with Crippen molar-refractivity contribution in [1.29, 1.82) is 0 Å². The van der Waals surface area contributed by atoms with Gasteiger partial charge in [-0.15, -0.1) is 0 Å². The summed E-state index contributed by atoms with van der Waals surface area (Å²) in [6, 6.07) is 1.57. The van der Waals surface area contributed by atoms with E-state index in [0.29, 0.717) is 24.8 Å². The summed E-state index contributed by atoms with van der Waals surface area (Å²) in [7, 11) is 0. The quantitative estimate of drug-likeness (QED) is 0.844. The number of amides is 1. The van der Waals surface area contributed by atoms with Crippen LogP contribution in [0.5, 0.6) is 0 Å². The Bertz CT molecular complexity index is 970. The van der Waals surface area contributed by atoms with Gasteiger partial charge in [-0.1, -0.05) is 11.6 Å². The highest BCUT2D eigenvalue weighted by Gasteiger charge is 2.51. The number of fused-ring (bicyclic) bond motifs is 4. The molecule has 0 aromatic carbocycles. The van der Waals surface area contributed by atoms with E-state index in [1.807, 2.05) is 0 Å². The van der Waals surface area contributed by atoms with Gasteiger partial charge < -0.3 is 5.32 Å². The molecule has 2 bridgehead atoms. The lowest BCUT2D eigenvalue weighted by Gasteiger charge is -2.53. The van der Waals surface area contributed by atoms with Crippen molar-refractivity contribution < 1.29 is 8.91 Å². The van der Waals surface area contributed by atoms with Crippen LogP contribution in [0.15, 0.2) is 17.1 Å². The Labute approximate surface area is 149 Å². The molecule has 0 unspecified atom stereocenters. The van der Waals surface area contributed by atoms with Gasteiger partial charge in [-0.25, -0.2) is 9.78 Å². The number of imidazole rings is 1. The maximum Gasteiger partial charge on any atom is 0.329 e. The van der Waals surface area contributed by atoms with Crippen molar-refractivity contribution in [3.8, 4) is 0 Å². The van der Waals surface area contributed by atoms with Crippen LogP contribution in [0.3, 0.4) is 0 Å². The van der Waals surface area contributed by atoms with Crippen molar-refractivity contribution in [2.75, 3.05) is 0 Å². The van der Waals surface area contributed by atoms with Gasteiger partial charge in [-0.05, 0) is 38.5 Å². The molecule has 1 N–H and O–H groups in total. The Hall–Kier alpha value is -1.82. The van der Waals surface area contributed by atoms with Crippen LogP contribution >= 0.6 is 11.6 Å². The van der Waals surface area contributed by atoms with E-state index < -0.39 is 18.2 Å². The van der Waals surface area contributed by atoms with Crippen LogP contribution in [-0.2, 0) is 17.3 Å². The number of aryl methyl sites for hydroxylation is 1. The Morgan fingerprint density at radius 1 is 1.29 bits per heavy atom. The van der Waals surface area contributed by atoms with Gasteiger partial charge in [-0.2, -0.15) is 0 Å². The molecule has 1 amide bonds. The van der Waals surface area contributed by atoms with Crippen LogP contribution in [0.4, 0.5) is 0 Å². The summed E-state index contributed by atoms with van der Waals surface area (Å²) < 4.78 is 25.8. The van der Waals surface area contributed by atoms with E-state index in [4.69, 9.17) is 15.7 Å². The third-order valence-corrected chi connectivity index (χ3v) is 6.02. The third-order valence-electron chi connectivity index (χ3n) is 5.82. The summed E-state index contributed by atoms with van der Waals surface area (Å²) in [4.78, 5) is 28.8. The lowest BCUT2D eigenvalue weighted by atomic mass is 9.61. The maximum absolute atomic E-state index is 13.2. The van der Waals surface area contributed by atoms with Gasteiger partial charge in [-0.3, -0.25) is 13.9 Å². The predicted molar refractivity (Wildman–Crippen MR) is 92.2 cm³/mol. The Morgan fingerprint density at radius 2 is 1.96 bits per heavy atom. The van der Waals surface area contributed by atoms with Crippen molar-refractivity contribution in [3.63, 3.8) is 0 Å². The summed E-state index contributed by atoms with van der Waals surface area (Å²) in [5.74, 6) is -0.0431.